The van der Waals surface area contributed by atoms with Crippen LogP contribution in [0.5, 0.6) is 0 Å². The largest absolute Gasteiger partial charge is 0.459 e. The van der Waals surface area contributed by atoms with Gasteiger partial charge in [0.15, 0.2) is 0 Å². The molecule has 0 saturated carbocycles. The highest BCUT2D eigenvalue weighted by Crippen LogP contribution is 2.07. The summed E-state index contributed by atoms with van der Waals surface area (Å²) in [5.74, 6) is -0.550. The predicted octanol–water partition coefficient (Wildman–Crippen LogP) is 3.93. The first-order chi connectivity index (χ1) is 18.2. The quantitative estimate of drug-likeness (QED) is 0.209. The summed E-state index contributed by atoms with van der Waals surface area (Å²) in [7, 11) is 0. The molecule has 0 aliphatic heterocycles. The SMILES string of the molecule is CC(C)(C)OC(=O)NCCOCCOCCN(CC(=O)OCc1ccccc1)C(=O)OCc1ccccc1. The number of nitrogens with zero attached hydrogens (tertiary/aromatic N) is 1. The van der Waals surface area contributed by atoms with Crippen LogP contribution in [-0.2, 0) is 41.7 Å². The van der Waals surface area contributed by atoms with Crippen LogP contribution in [0.2, 0.25) is 0 Å². The monoisotopic (exact) mass is 530 g/mol. The Morgan fingerprint density at radius 3 is 1.89 bits per heavy atom. The van der Waals surface area contributed by atoms with Gasteiger partial charge in [0.2, 0.25) is 0 Å². The zero-order valence-electron chi connectivity index (χ0n) is 22.4. The Morgan fingerprint density at radius 2 is 1.32 bits per heavy atom. The number of rotatable bonds is 15. The van der Waals surface area contributed by atoms with Gasteiger partial charge in [-0.15, -0.1) is 0 Å². The minimum Gasteiger partial charge on any atom is -0.459 e. The topological polar surface area (TPSA) is 113 Å². The molecule has 0 aliphatic rings. The number of esters is 1. The third-order valence-electron chi connectivity index (χ3n) is 4.82. The Balaban J connectivity index is 1.70. The Bertz CT molecular complexity index is 964. The van der Waals surface area contributed by atoms with E-state index in [1.54, 1.807) is 20.8 Å². The predicted molar refractivity (Wildman–Crippen MR) is 140 cm³/mol. The van der Waals surface area contributed by atoms with Crippen molar-refractivity contribution in [2.45, 2.75) is 39.6 Å². The van der Waals surface area contributed by atoms with Crippen molar-refractivity contribution < 1.29 is 38.1 Å². The molecule has 208 valence electrons. The van der Waals surface area contributed by atoms with E-state index in [0.717, 1.165) is 11.1 Å². The maximum absolute atomic E-state index is 12.7. The summed E-state index contributed by atoms with van der Waals surface area (Å²) in [6.07, 6.45) is -1.14. The average Bonchev–Trinajstić information content (AvgIpc) is 2.89. The Labute approximate surface area is 224 Å². The van der Waals surface area contributed by atoms with E-state index in [0.29, 0.717) is 19.8 Å². The molecule has 0 bridgehead atoms. The van der Waals surface area contributed by atoms with Gasteiger partial charge in [0, 0.05) is 13.1 Å². The molecule has 2 rings (SSSR count). The highest BCUT2D eigenvalue weighted by molar-refractivity contribution is 5.78. The second-order valence-electron chi connectivity index (χ2n) is 9.26. The molecule has 0 unspecified atom stereocenters. The van der Waals surface area contributed by atoms with Gasteiger partial charge in [0.1, 0.15) is 25.4 Å². The smallest absolute Gasteiger partial charge is 0.410 e. The van der Waals surface area contributed by atoms with Crippen LogP contribution in [0.3, 0.4) is 0 Å². The third kappa shape index (κ3) is 14.2. The molecule has 0 aromatic heterocycles. The summed E-state index contributed by atoms with van der Waals surface area (Å²) < 4.78 is 26.8. The minimum absolute atomic E-state index is 0.0846. The lowest BCUT2D eigenvalue weighted by atomic mass is 10.2. The van der Waals surface area contributed by atoms with Crippen LogP contribution in [0.15, 0.2) is 60.7 Å². The molecule has 0 aliphatic carbocycles. The van der Waals surface area contributed by atoms with Gasteiger partial charge < -0.3 is 29.0 Å². The molecule has 0 atom stereocenters. The first-order valence-corrected chi connectivity index (χ1v) is 12.5. The van der Waals surface area contributed by atoms with Gasteiger partial charge in [-0.05, 0) is 31.9 Å². The fourth-order valence-electron chi connectivity index (χ4n) is 3.02. The van der Waals surface area contributed by atoms with Crippen molar-refractivity contribution in [1.82, 2.24) is 10.2 Å². The van der Waals surface area contributed by atoms with Crippen LogP contribution < -0.4 is 5.32 Å². The lowest BCUT2D eigenvalue weighted by molar-refractivity contribution is -0.146. The van der Waals surface area contributed by atoms with E-state index in [2.05, 4.69) is 5.32 Å². The van der Waals surface area contributed by atoms with Crippen molar-refractivity contribution in [2.24, 2.45) is 0 Å². The molecular formula is C28H38N2O8. The maximum Gasteiger partial charge on any atom is 0.410 e. The van der Waals surface area contributed by atoms with Crippen molar-refractivity contribution in [3.8, 4) is 0 Å². The Hall–Kier alpha value is -3.63. The first kappa shape index (κ1) is 30.6. The maximum atomic E-state index is 12.7. The third-order valence-corrected chi connectivity index (χ3v) is 4.82. The highest BCUT2D eigenvalue weighted by atomic mass is 16.6. The summed E-state index contributed by atoms with van der Waals surface area (Å²) in [5.41, 5.74) is 1.13. The fourth-order valence-corrected chi connectivity index (χ4v) is 3.02. The van der Waals surface area contributed by atoms with E-state index in [4.69, 9.17) is 23.7 Å². The number of hydrogen-bond acceptors (Lipinski definition) is 8. The normalized spacial score (nSPS) is 10.9. The zero-order valence-corrected chi connectivity index (χ0v) is 22.4. The van der Waals surface area contributed by atoms with E-state index in [-0.39, 0.29) is 39.5 Å². The first-order valence-electron chi connectivity index (χ1n) is 12.5. The van der Waals surface area contributed by atoms with Gasteiger partial charge in [-0.2, -0.15) is 0 Å². The lowest BCUT2D eigenvalue weighted by Gasteiger charge is -2.21. The molecule has 2 aromatic carbocycles. The van der Waals surface area contributed by atoms with Crippen LogP contribution in [0.4, 0.5) is 9.59 Å². The number of hydrogen-bond donors (Lipinski definition) is 1. The van der Waals surface area contributed by atoms with Gasteiger partial charge in [-0.25, -0.2) is 9.59 Å². The molecule has 0 fully saturated rings. The summed E-state index contributed by atoms with van der Waals surface area (Å²) in [4.78, 5) is 37.9. The molecule has 2 aromatic rings. The summed E-state index contributed by atoms with van der Waals surface area (Å²) in [5, 5.41) is 2.60. The second-order valence-corrected chi connectivity index (χ2v) is 9.26. The van der Waals surface area contributed by atoms with Crippen molar-refractivity contribution in [3.05, 3.63) is 71.8 Å². The summed E-state index contributed by atoms with van der Waals surface area (Å²) in [6.45, 7) is 6.79. The number of ether oxygens (including phenoxy) is 5. The van der Waals surface area contributed by atoms with Crippen molar-refractivity contribution >= 4 is 18.2 Å². The van der Waals surface area contributed by atoms with E-state index in [1.807, 2.05) is 60.7 Å². The lowest BCUT2D eigenvalue weighted by Crippen LogP contribution is -2.39. The number of carbonyl (C=O) groups excluding carboxylic acids is 3. The standard InChI is InChI=1S/C28H38N2O8/c1-28(2,3)38-26(32)29-14-16-34-18-19-35-17-15-30(27(33)37-22-24-12-8-5-9-13-24)20-25(31)36-21-23-10-6-4-7-11-23/h4-13H,14-22H2,1-3H3,(H,29,32). The van der Waals surface area contributed by atoms with Crippen molar-refractivity contribution in [2.75, 3.05) is 46.1 Å². The van der Waals surface area contributed by atoms with Crippen molar-refractivity contribution in [1.29, 1.82) is 0 Å². The van der Waals surface area contributed by atoms with E-state index >= 15 is 0 Å². The van der Waals surface area contributed by atoms with Crippen LogP contribution in [0, 0.1) is 0 Å². The highest BCUT2D eigenvalue weighted by Gasteiger charge is 2.20. The molecule has 2 amide bonds. The molecule has 0 spiro atoms. The van der Waals surface area contributed by atoms with Crippen LogP contribution in [-0.4, -0.2) is 74.7 Å². The molecule has 0 radical (unpaired) electrons. The van der Waals surface area contributed by atoms with E-state index in [1.165, 1.54) is 4.90 Å². The van der Waals surface area contributed by atoms with Gasteiger partial charge in [-0.1, -0.05) is 60.7 Å². The molecule has 0 saturated heterocycles. The van der Waals surface area contributed by atoms with E-state index < -0.39 is 23.8 Å². The van der Waals surface area contributed by atoms with Crippen molar-refractivity contribution in [3.63, 3.8) is 0 Å². The fraction of sp³-hybridized carbons (Fsp3) is 0.464. The number of alkyl carbamates (subject to hydrolysis) is 1. The van der Waals surface area contributed by atoms with Gasteiger partial charge in [0.25, 0.3) is 0 Å². The second kappa shape index (κ2) is 17.0. The van der Waals surface area contributed by atoms with Gasteiger partial charge >= 0.3 is 18.2 Å². The summed E-state index contributed by atoms with van der Waals surface area (Å²) in [6, 6.07) is 18.6. The van der Waals surface area contributed by atoms with Gasteiger partial charge in [-0.3, -0.25) is 9.69 Å². The molecule has 10 heteroatoms. The zero-order chi connectivity index (χ0) is 27.6. The summed E-state index contributed by atoms with van der Waals surface area (Å²) >= 11 is 0. The van der Waals surface area contributed by atoms with E-state index in [9.17, 15) is 14.4 Å². The number of amides is 2. The number of nitrogens with one attached hydrogen (secondary N) is 1. The number of carbonyl (C=O) groups is 3. The average molecular weight is 531 g/mol. The van der Waals surface area contributed by atoms with Crippen LogP contribution >= 0.6 is 0 Å². The molecule has 1 N–H and O–H groups in total. The van der Waals surface area contributed by atoms with Crippen LogP contribution in [0.1, 0.15) is 31.9 Å². The minimum atomic E-state index is -0.640. The molecular weight excluding hydrogens is 492 g/mol. The molecule has 38 heavy (non-hydrogen) atoms. The Morgan fingerprint density at radius 1 is 0.763 bits per heavy atom. The molecule has 0 heterocycles. The number of benzene rings is 2. The van der Waals surface area contributed by atoms with Crippen LogP contribution in [0.25, 0.3) is 0 Å². The molecule has 10 nitrogen and oxygen atoms in total. The van der Waals surface area contributed by atoms with Gasteiger partial charge in [0.05, 0.1) is 26.4 Å². The Kier molecular flexibility index (Phi) is 13.7.